The molecule has 0 saturated heterocycles. The van der Waals surface area contributed by atoms with Crippen LogP contribution in [0.25, 0.3) is 0 Å². The van der Waals surface area contributed by atoms with Gasteiger partial charge in [-0.25, -0.2) is 14.8 Å². The number of nitrogens with zero attached hydrogens (tertiary/aromatic N) is 2. The van der Waals surface area contributed by atoms with Crippen LogP contribution in [-0.4, -0.2) is 27.0 Å². The van der Waals surface area contributed by atoms with E-state index in [1.165, 1.54) is 18.2 Å². The second-order valence-electron chi connectivity index (χ2n) is 3.61. The van der Waals surface area contributed by atoms with E-state index in [9.17, 15) is 18.4 Å². The number of primary amides is 1. The topological polar surface area (TPSA) is 106 Å². The van der Waals surface area contributed by atoms with E-state index in [1.807, 2.05) is 0 Å². The van der Waals surface area contributed by atoms with Crippen LogP contribution < -0.4 is 5.73 Å². The minimum Gasteiger partial charge on any atom is -0.478 e. The van der Waals surface area contributed by atoms with Crippen molar-refractivity contribution >= 4 is 43.7 Å². The maximum absolute atomic E-state index is 12.7. The molecule has 2 heterocycles. The van der Waals surface area contributed by atoms with Gasteiger partial charge in [0.2, 0.25) is 11.9 Å². The number of hydrogen-bond acceptors (Lipinski definition) is 4. The summed E-state index contributed by atoms with van der Waals surface area (Å²) in [5.41, 5.74) is 4.21. The van der Waals surface area contributed by atoms with E-state index in [1.54, 1.807) is 0 Å². The fourth-order valence-electron chi connectivity index (χ4n) is 1.17. The zero-order valence-corrected chi connectivity index (χ0v) is 13.7. The molecule has 3 N–H and O–H groups in total. The number of carbonyl (C=O) groups is 2. The van der Waals surface area contributed by atoms with E-state index in [4.69, 9.17) is 10.8 Å². The lowest BCUT2D eigenvalue weighted by Gasteiger charge is -1.95. The van der Waals surface area contributed by atoms with Crippen LogP contribution in [0.2, 0.25) is 0 Å². The second kappa shape index (κ2) is 7.90. The molecule has 0 unspecified atom stereocenters. The maximum atomic E-state index is 12.7. The zero-order chi connectivity index (χ0) is 16.9. The maximum Gasteiger partial charge on any atom is 0.340 e. The number of aromatic carboxylic acids is 1. The first kappa shape index (κ1) is 18.1. The summed E-state index contributed by atoms with van der Waals surface area (Å²) in [6.07, 6.45) is 0. The number of rotatable bonds is 2. The van der Waals surface area contributed by atoms with Crippen LogP contribution >= 0.6 is 31.9 Å². The van der Waals surface area contributed by atoms with Gasteiger partial charge in [0, 0.05) is 0 Å². The number of halogens is 4. The Morgan fingerprint density at radius 3 is 1.68 bits per heavy atom. The summed E-state index contributed by atoms with van der Waals surface area (Å²) >= 11 is 5.84. The van der Waals surface area contributed by atoms with Crippen molar-refractivity contribution < 1.29 is 23.5 Å². The van der Waals surface area contributed by atoms with Gasteiger partial charge in [0.25, 0.3) is 5.91 Å². The molecule has 22 heavy (non-hydrogen) atoms. The zero-order valence-electron chi connectivity index (χ0n) is 10.6. The van der Waals surface area contributed by atoms with Crippen molar-refractivity contribution in [1.82, 2.24) is 9.97 Å². The van der Waals surface area contributed by atoms with E-state index in [0.29, 0.717) is 4.60 Å². The Hall–Kier alpha value is -1.94. The Labute approximate surface area is 139 Å². The van der Waals surface area contributed by atoms with Crippen LogP contribution in [-0.2, 0) is 0 Å². The van der Waals surface area contributed by atoms with Gasteiger partial charge in [-0.15, -0.1) is 0 Å². The summed E-state index contributed by atoms with van der Waals surface area (Å²) in [7, 11) is 0. The predicted molar refractivity (Wildman–Crippen MR) is 79.3 cm³/mol. The van der Waals surface area contributed by atoms with Crippen molar-refractivity contribution in [2.45, 2.75) is 0 Å². The third kappa shape index (κ3) is 5.11. The van der Waals surface area contributed by atoms with Crippen molar-refractivity contribution in [2.24, 2.45) is 5.73 Å². The Balaban J connectivity index is 0.000000220. The van der Waals surface area contributed by atoms with Gasteiger partial charge in [-0.1, -0.05) is 0 Å². The van der Waals surface area contributed by atoms with Crippen LogP contribution in [0, 0.1) is 11.9 Å². The Kier molecular flexibility index (Phi) is 6.50. The van der Waals surface area contributed by atoms with Gasteiger partial charge in [-0.3, -0.25) is 4.79 Å². The molecule has 0 spiro atoms. The molecule has 1 amide bonds. The predicted octanol–water partition coefficient (Wildman–Crippen LogP) is 2.76. The molecule has 2 rings (SSSR count). The number of pyridine rings is 2. The van der Waals surface area contributed by atoms with Gasteiger partial charge in [0.05, 0.1) is 5.56 Å². The quantitative estimate of drug-likeness (QED) is 0.701. The normalized spacial score (nSPS) is 9.64. The van der Waals surface area contributed by atoms with Crippen molar-refractivity contribution in [1.29, 1.82) is 0 Å². The minimum atomic E-state index is -1.32. The minimum absolute atomic E-state index is 0.201. The lowest BCUT2D eigenvalue weighted by atomic mass is 10.3. The van der Waals surface area contributed by atoms with Crippen LogP contribution in [0.4, 0.5) is 8.78 Å². The molecular formula is C12H7Br2F2N3O3. The van der Waals surface area contributed by atoms with E-state index in [0.717, 1.165) is 6.07 Å². The highest BCUT2D eigenvalue weighted by Gasteiger charge is 2.10. The van der Waals surface area contributed by atoms with Gasteiger partial charge >= 0.3 is 5.97 Å². The van der Waals surface area contributed by atoms with Crippen molar-refractivity contribution in [3.8, 4) is 0 Å². The Bertz CT molecular complexity index is 667. The molecule has 0 aliphatic carbocycles. The molecule has 0 aliphatic heterocycles. The average Bonchev–Trinajstić information content (AvgIpc) is 2.38. The smallest absolute Gasteiger partial charge is 0.340 e. The molecule has 0 saturated carbocycles. The fraction of sp³-hybridized carbons (Fsp3) is 0. The average molecular weight is 439 g/mol. The molecular weight excluding hydrogens is 432 g/mol. The highest BCUT2D eigenvalue weighted by atomic mass is 79.9. The number of amides is 1. The standard InChI is InChI=1S/C6H4BrFN2O.C6H3BrFNO2/c7-4-2-1-3(6(9)11)5(8)10-4;7-4-2-1-3(6(10)11)5(8)9-4/h1-2H,(H2,9,11);1-2H,(H,10,11). The van der Waals surface area contributed by atoms with Gasteiger partial charge in [-0.2, -0.15) is 8.78 Å². The first-order valence-corrected chi connectivity index (χ1v) is 6.98. The fourth-order valence-corrected chi connectivity index (χ4v) is 1.74. The first-order valence-electron chi connectivity index (χ1n) is 5.39. The van der Waals surface area contributed by atoms with E-state index < -0.39 is 29.3 Å². The van der Waals surface area contributed by atoms with Crippen LogP contribution in [0.1, 0.15) is 20.7 Å². The number of aromatic nitrogens is 2. The van der Waals surface area contributed by atoms with E-state index in [-0.39, 0.29) is 10.2 Å². The van der Waals surface area contributed by atoms with Crippen molar-refractivity contribution in [2.75, 3.05) is 0 Å². The molecule has 6 nitrogen and oxygen atoms in total. The summed E-state index contributed by atoms with van der Waals surface area (Å²) in [4.78, 5) is 27.3. The summed E-state index contributed by atoms with van der Waals surface area (Å²) in [6.45, 7) is 0. The van der Waals surface area contributed by atoms with Gasteiger partial charge in [0.15, 0.2) is 0 Å². The van der Waals surface area contributed by atoms with Crippen LogP contribution in [0.3, 0.4) is 0 Å². The summed E-state index contributed by atoms with van der Waals surface area (Å²) < 4.78 is 25.8. The molecule has 0 bridgehead atoms. The second-order valence-corrected chi connectivity index (χ2v) is 5.24. The molecule has 0 radical (unpaired) electrons. The Morgan fingerprint density at radius 1 is 0.955 bits per heavy atom. The molecule has 0 aliphatic rings. The van der Waals surface area contributed by atoms with Gasteiger partial charge < -0.3 is 10.8 Å². The van der Waals surface area contributed by atoms with Crippen LogP contribution in [0.5, 0.6) is 0 Å². The SMILES string of the molecule is NC(=O)c1ccc(Br)nc1F.O=C(O)c1ccc(Br)nc1F. The number of carboxylic acid groups (broad SMARTS) is 1. The third-order valence-electron chi connectivity index (χ3n) is 2.13. The lowest BCUT2D eigenvalue weighted by molar-refractivity contribution is 0.0690. The molecule has 10 heteroatoms. The number of nitrogens with two attached hydrogens (primary N) is 1. The largest absolute Gasteiger partial charge is 0.478 e. The molecule has 0 aromatic carbocycles. The molecule has 116 valence electrons. The number of carboxylic acids is 1. The van der Waals surface area contributed by atoms with Crippen LogP contribution in [0.15, 0.2) is 33.5 Å². The third-order valence-corrected chi connectivity index (χ3v) is 3.01. The lowest BCUT2D eigenvalue weighted by Crippen LogP contribution is -2.13. The molecule has 2 aromatic rings. The highest BCUT2D eigenvalue weighted by molar-refractivity contribution is 9.10. The van der Waals surface area contributed by atoms with E-state index in [2.05, 4.69) is 41.8 Å². The summed E-state index contributed by atoms with van der Waals surface area (Å²) in [6, 6.07) is 5.24. The van der Waals surface area contributed by atoms with Gasteiger partial charge in [-0.05, 0) is 56.1 Å². The molecule has 0 fully saturated rings. The monoisotopic (exact) mass is 437 g/mol. The van der Waals surface area contributed by atoms with Crippen molar-refractivity contribution in [3.63, 3.8) is 0 Å². The van der Waals surface area contributed by atoms with E-state index >= 15 is 0 Å². The number of carbonyl (C=O) groups excluding carboxylic acids is 1. The summed E-state index contributed by atoms with van der Waals surface area (Å²) in [5.74, 6) is -3.97. The first-order chi connectivity index (χ1) is 10.2. The molecule has 0 atom stereocenters. The Morgan fingerprint density at radius 2 is 1.36 bits per heavy atom. The van der Waals surface area contributed by atoms with Crippen molar-refractivity contribution in [3.05, 3.63) is 56.5 Å². The molecule has 2 aromatic heterocycles. The highest BCUT2D eigenvalue weighted by Crippen LogP contribution is 2.10. The number of hydrogen-bond donors (Lipinski definition) is 2. The summed E-state index contributed by atoms with van der Waals surface area (Å²) in [5, 5.41) is 8.36. The van der Waals surface area contributed by atoms with Gasteiger partial charge in [0.1, 0.15) is 14.8 Å².